The summed E-state index contributed by atoms with van der Waals surface area (Å²) in [6.45, 7) is 0. The molecule has 3 aliphatic carbocycles. The second-order valence-electron chi connectivity index (χ2n) is 9.87. The van der Waals surface area contributed by atoms with Crippen LogP contribution in [0.1, 0.15) is 85.0 Å². The maximum atomic E-state index is 13.1. The van der Waals surface area contributed by atoms with E-state index in [1.165, 1.54) is 24.8 Å². The van der Waals surface area contributed by atoms with Crippen LogP contribution < -0.4 is 5.32 Å². The Morgan fingerprint density at radius 2 is 1.91 bits per heavy atom. The number of nitrogens with one attached hydrogen (secondary N) is 1. The molecule has 35 heavy (non-hydrogen) atoms. The van der Waals surface area contributed by atoms with Gasteiger partial charge in [-0.05, 0) is 80.7 Å². The van der Waals surface area contributed by atoms with E-state index in [2.05, 4.69) is 45.8 Å². The molecular formula is C29H31N5O. The summed E-state index contributed by atoms with van der Waals surface area (Å²) in [5, 5.41) is 7.97. The molecule has 0 atom stereocenters. The molecule has 6 nitrogen and oxygen atoms in total. The monoisotopic (exact) mass is 465 g/mol. The van der Waals surface area contributed by atoms with Gasteiger partial charge < -0.3 is 5.32 Å². The van der Waals surface area contributed by atoms with Crippen LogP contribution in [0.25, 0.3) is 11.1 Å². The highest BCUT2D eigenvalue weighted by Crippen LogP contribution is 2.33. The van der Waals surface area contributed by atoms with Crippen LogP contribution in [0.4, 0.5) is 5.95 Å². The first-order valence-electron chi connectivity index (χ1n) is 12.9. The van der Waals surface area contributed by atoms with Gasteiger partial charge in [-0.2, -0.15) is 5.10 Å². The van der Waals surface area contributed by atoms with E-state index in [9.17, 15) is 4.79 Å². The van der Waals surface area contributed by atoms with Crippen LogP contribution in [0.15, 0.2) is 60.6 Å². The van der Waals surface area contributed by atoms with Gasteiger partial charge >= 0.3 is 0 Å². The molecule has 0 radical (unpaired) electrons. The number of nitrogens with zero attached hydrogens (tertiary/aromatic N) is 4. The summed E-state index contributed by atoms with van der Waals surface area (Å²) < 4.78 is 1.79. The first kappa shape index (κ1) is 22.0. The Bertz CT molecular complexity index is 1340. The number of fused-ring (bicyclic) bond motifs is 2. The zero-order valence-corrected chi connectivity index (χ0v) is 20.0. The smallest absolute Gasteiger partial charge is 0.223 e. The molecule has 0 saturated heterocycles. The molecule has 0 spiro atoms. The molecule has 1 fully saturated rings. The molecule has 1 saturated carbocycles. The average molecular weight is 466 g/mol. The number of anilines is 1. The lowest BCUT2D eigenvalue weighted by Crippen LogP contribution is -2.20. The lowest BCUT2D eigenvalue weighted by Gasteiger charge is -2.16. The van der Waals surface area contributed by atoms with E-state index < -0.39 is 0 Å². The summed E-state index contributed by atoms with van der Waals surface area (Å²) in [5.74, 6) is 0.780. The highest BCUT2D eigenvalue weighted by Gasteiger charge is 2.21. The van der Waals surface area contributed by atoms with Crippen molar-refractivity contribution in [3.8, 4) is 0 Å². The van der Waals surface area contributed by atoms with Crippen molar-refractivity contribution in [1.29, 1.82) is 0 Å². The SMILES string of the molecule is O=C(C=C1CCCCC1)c1cnn2ccc(C3=CCc4nc(NC5CCC=CCC5)ncc43)cc12. The summed E-state index contributed by atoms with van der Waals surface area (Å²) in [6, 6.07) is 4.55. The van der Waals surface area contributed by atoms with E-state index in [0.717, 1.165) is 78.8 Å². The van der Waals surface area contributed by atoms with Crippen molar-refractivity contribution in [2.75, 3.05) is 5.32 Å². The third-order valence-corrected chi connectivity index (χ3v) is 7.45. The van der Waals surface area contributed by atoms with Crippen LogP contribution in [0.5, 0.6) is 0 Å². The summed E-state index contributed by atoms with van der Waals surface area (Å²) in [6.07, 6.45) is 25.1. The van der Waals surface area contributed by atoms with Crippen molar-refractivity contribution in [2.24, 2.45) is 0 Å². The van der Waals surface area contributed by atoms with E-state index in [-0.39, 0.29) is 5.78 Å². The average Bonchev–Trinajstić information content (AvgIpc) is 3.41. The van der Waals surface area contributed by atoms with Gasteiger partial charge in [-0.25, -0.2) is 14.5 Å². The number of carbonyl (C=O) groups is 1. The largest absolute Gasteiger partial charge is 0.351 e. The first-order valence-corrected chi connectivity index (χ1v) is 12.9. The first-order chi connectivity index (χ1) is 17.2. The lowest BCUT2D eigenvalue weighted by atomic mass is 9.93. The van der Waals surface area contributed by atoms with Gasteiger partial charge in [-0.1, -0.05) is 30.2 Å². The normalized spacial score (nSPS) is 18.3. The molecule has 0 amide bonds. The van der Waals surface area contributed by atoms with Gasteiger partial charge in [0.05, 0.1) is 23.0 Å². The molecule has 0 aliphatic heterocycles. The number of hydrogen-bond acceptors (Lipinski definition) is 5. The summed E-state index contributed by atoms with van der Waals surface area (Å²) in [4.78, 5) is 22.6. The van der Waals surface area contributed by atoms with E-state index in [1.54, 1.807) is 10.7 Å². The number of pyridine rings is 1. The molecule has 0 bridgehead atoms. The van der Waals surface area contributed by atoms with Crippen LogP contribution in [0.3, 0.4) is 0 Å². The van der Waals surface area contributed by atoms with Crippen molar-refractivity contribution in [3.05, 3.63) is 83.0 Å². The van der Waals surface area contributed by atoms with E-state index in [1.807, 2.05) is 18.5 Å². The maximum absolute atomic E-state index is 13.1. The van der Waals surface area contributed by atoms with E-state index in [0.29, 0.717) is 11.6 Å². The molecule has 6 rings (SSSR count). The zero-order chi connectivity index (χ0) is 23.6. The van der Waals surface area contributed by atoms with Gasteiger partial charge in [0.15, 0.2) is 5.78 Å². The van der Waals surface area contributed by atoms with Crippen molar-refractivity contribution < 1.29 is 4.79 Å². The maximum Gasteiger partial charge on any atom is 0.223 e. The number of rotatable bonds is 5. The fourth-order valence-corrected chi connectivity index (χ4v) is 5.50. The van der Waals surface area contributed by atoms with Gasteiger partial charge in [0.25, 0.3) is 0 Å². The molecule has 0 aromatic carbocycles. The molecule has 3 aromatic rings. The number of allylic oxidation sites excluding steroid dienone is 5. The van der Waals surface area contributed by atoms with Gasteiger partial charge in [-0.15, -0.1) is 0 Å². The van der Waals surface area contributed by atoms with E-state index >= 15 is 0 Å². The van der Waals surface area contributed by atoms with Gasteiger partial charge in [0.2, 0.25) is 5.95 Å². The minimum Gasteiger partial charge on any atom is -0.351 e. The second-order valence-corrected chi connectivity index (χ2v) is 9.87. The van der Waals surface area contributed by atoms with Crippen molar-refractivity contribution in [3.63, 3.8) is 0 Å². The minimum atomic E-state index is 0.0580. The second kappa shape index (κ2) is 9.61. The molecule has 3 heterocycles. The van der Waals surface area contributed by atoms with Gasteiger partial charge in [0, 0.05) is 30.4 Å². The molecule has 6 heteroatoms. The molecular weight excluding hydrogens is 434 g/mol. The number of hydrogen-bond donors (Lipinski definition) is 1. The molecule has 0 unspecified atom stereocenters. The van der Waals surface area contributed by atoms with Gasteiger partial charge in [0.1, 0.15) is 0 Å². The highest BCUT2D eigenvalue weighted by molar-refractivity contribution is 6.09. The Hall–Kier alpha value is -3.54. The minimum absolute atomic E-state index is 0.0580. The number of ketones is 1. The Kier molecular flexibility index (Phi) is 6.03. The zero-order valence-electron chi connectivity index (χ0n) is 20.0. The molecule has 1 N–H and O–H groups in total. The van der Waals surface area contributed by atoms with E-state index in [4.69, 9.17) is 4.98 Å². The Balaban J connectivity index is 1.24. The van der Waals surface area contributed by atoms with Crippen LogP contribution in [-0.2, 0) is 6.42 Å². The van der Waals surface area contributed by atoms with Crippen molar-refractivity contribution in [1.82, 2.24) is 19.6 Å². The number of aromatic nitrogens is 4. The predicted molar refractivity (Wildman–Crippen MR) is 139 cm³/mol. The lowest BCUT2D eigenvalue weighted by molar-refractivity contribution is 0.104. The van der Waals surface area contributed by atoms with Crippen LogP contribution in [-0.4, -0.2) is 31.4 Å². The fraction of sp³-hybridized carbons (Fsp3) is 0.379. The van der Waals surface area contributed by atoms with Crippen molar-refractivity contribution in [2.45, 2.75) is 70.3 Å². The Labute approximate surface area is 205 Å². The Morgan fingerprint density at radius 1 is 1.09 bits per heavy atom. The standard InChI is InChI=1S/C29H31N5O/c35-28(16-20-8-4-3-5-9-20)25-19-31-34-15-14-21(17-27(25)34)23-12-13-26-24(23)18-30-29(33-26)32-22-10-6-1-2-7-11-22/h1-2,12,14-19,22H,3-11,13H2,(H,30,32,33). The quantitative estimate of drug-likeness (QED) is 0.280. The predicted octanol–water partition coefficient (Wildman–Crippen LogP) is 6.10. The third-order valence-electron chi connectivity index (χ3n) is 7.45. The van der Waals surface area contributed by atoms with Crippen LogP contribution in [0.2, 0.25) is 0 Å². The highest BCUT2D eigenvalue weighted by atomic mass is 16.1. The third kappa shape index (κ3) is 4.57. The summed E-state index contributed by atoms with van der Waals surface area (Å²) >= 11 is 0. The fourth-order valence-electron chi connectivity index (χ4n) is 5.50. The molecule has 3 aromatic heterocycles. The summed E-state index contributed by atoms with van der Waals surface area (Å²) in [7, 11) is 0. The molecule has 178 valence electrons. The topological polar surface area (TPSA) is 72.2 Å². The number of carbonyl (C=O) groups excluding carboxylic acids is 1. The van der Waals surface area contributed by atoms with Crippen LogP contribution in [0, 0.1) is 0 Å². The van der Waals surface area contributed by atoms with Crippen molar-refractivity contribution >= 4 is 22.8 Å². The van der Waals surface area contributed by atoms with Gasteiger partial charge in [-0.3, -0.25) is 4.79 Å². The Morgan fingerprint density at radius 3 is 2.74 bits per heavy atom. The molecule has 3 aliphatic rings. The van der Waals surface area contributed by atoms with Crippen LogP contribution >= 0.6 is 0 Å². The summed E-state index contributed by atoms with van der Waals surface area (Å²) in [5.41, 5.74) is 7.09.